The van der Waals surface area contributed by atoms with E-state index in [-0.39, 0.29) is 23.7 Å². The molecule has 0 radical (unpaired) electrons. The smallest absolute Gasteiger partial charge is 0.287 e. The molecule has 0 amide bonds. The summed E-state index contributed by atoms with van der Waals surface area (Å²) in [6, 6.07) is 9.00. The van der Waals surface area contributed by atoms with Crippen LogP contribution in [0.2, 0.25) is 0 Å². The third-order valence-corrected chi connectivity index (χ3v) is 3.09. The van der Waals surface area contributed by atoms with Crippen LogP contribution in [-0.4, -0.2) is 29.3 Å². The molecule has 0 fully saturated rings. The molecule has 20 heavy (non-hydrogen) atoms. The van der Waals surface area contributed by atoms with Gasteiger partial charge in [0.25, 0.3) is 5.69 Å². The van der Waals surface area contributed by atoms with E-state index in [9.17, 15) is 14.9 Å². The van der Waals surface area contributed by atoms with Crippen molar-refractivity contribution in [2.24, 2.45) is 0 Å². The average molecular weight is 273 g/mol. The topological polar surface area (TPSA) is 79.2 Å². The minimum atomic E-state index is -0.529. The molecule has 0 atom stereocenters. The van der Waals surface area contributed by atoms with Crippen LogP contribution >= 0.6 is 0 Å². The van der Waals surface area contributed by atoms with Gasteiger partial charge < -0.3 is 9.88 Å². The summed E-state index contributed by atoms with van der Waals surface area (Å²) in [4.78, 5) is 26.6. The predicted molar refractivity (Wildman–Crippen MR) is 76.2 cm³/mol. The van der Waals surface area contributed by atoms with E-state index >= 15 is 0 Å². The first-order valence-electron chi connectivity index (χ1n) is 6.12. The molecule has 1 N–H and O–H groups in total. The van der Waals surface area contributed by atoms with Gasteiger partial charge in [0.1, 0.15) is 0 Å². The van der Waals surface area contributed by atoms with Crippen molar-refractivity contribution >= 4 is 17.2 Å². The summed E-state index contributed by atoms with van der Waals surface area (Å²) in [5.74, 6) is -0.191. The highest BCUT2D eigenvalue weighted by Gasteiger charge is 2.16. The fraction of sp³-hybridized carbons (Fsp3) is 0.214. The Morgan fingerprint density at radius 1 is 1.40 bits per heavy atom. The van der Waals surface area contributed by atoms with Crippen molar-refractivity contribution in [2.75, 3.05) is 18.5 Å². The Balaban J connectivity index is 2.11. The SMILES string of the molecule is Cc1ccccc1N(C)CC(=O)c1cc([N+](=O)[O-])c[nH]1. The number of nitrogens with zero attached hydrogens (tertiary/aromatic N) is 2. The molecule has 0 aliphatic heterocycles. The van der Waals surface area contributed by atoms with Crippen molar-refractivity contribution < 1.29 is 9.72 Å². The molecule has 0 aliphatic rings. The summed E-state index contributed by atoms with van der Waals surface area (Å²) < 4.78 is 0. The number of hydrogen-bond acceptors (Lipinski definition) is 4. The molecule has 2 aromatic rings. The number of aromatic amines is 1. The molecule has 6 heteroatoms. The number of rotatable bonds is 5. The molecule has 104 valence electrons. The molecule has 0 saturated heterocycles. The molecular weight excluding hydrogens is 258 g/mol. The lowest BCUT2D eigenvalue weighted by atomic mass is 10.1. The third-order valence-electron chi connectivity index (χ3n) is 3.09. The van der Waals surface area contributed by atoms with Gasteiger partial charge in [0.15, 0.2) is 5.78 Å². The first kappa shape index (κ1) is 13.8. The van der Waals surface area contributed by atoms with Crippen LogP contribution in [0.5, 0.6) is 0 Å². The number of hydrogen-bond donors (Lipinski definition) is 1. The summed E-state index contributed by atoms with van der Waals surface area (Å²) in [5.41, 5.74) is 2.17. The summed E-state index contributed by atoms with van der Waals surface area (Å²) in [6.07, 6.45) is 1.22. The van der Waals surface area contributed by atoms with Gasteiger partial charge in [-0.05, 0) is 18.6 Å². The zero-order valence-corrected chi connectivity index (χ0v) is 11.3. The van der Waals surface area contributed by atoms with Gasteiger partial charge in [-0.1, -0.05) is 18.2 Å². The number of aryl methyl sites for hydroxylation is 1. The maximum Gasteiger partial charge on any atom is 0.287 e. The Labute approximate surface area is 116 Å². The zero-order chi connectivity index (χ0) is 14.7. The molecule has 0 bridgehead atoms. The van der Waals surface area contributed by atoms with Crippen LogP contribution in [-0.2, 0) is 0 Å². The lowest BCUT2D eigenvalue weighted by molar-refractivity contribution is -0.384. The number of Topliss-reactive ketones (excluding diaryl/α,β-unsaturated/α-hetero) is 1. The van der Waals surface area contributed by atoms with Gasteiger partial charge in [0, 0.05) is 18.8 Å². The summed E-state index contributed by atoms with van der Waals surface area (Å²) in [6.45, 7) is 2.12. The largest absolute Gasteiger partial charge is 0.367 e. The molecule has 0 unspecified atom stereocenters. The molecule has 0 aliphatic carbocycles. The van der Waals surface area contributed by atoms with Crippen LogP contribution in [0.25, 0.3) is 0 Å². The Bertz CT molecular complexity index is 649. The monoisotopic (exact) mass is 273 g/mol. The number of para-hydroxylation sites is 1. The van der Waals surface area contributed by atoms with Gasteiger partial charge in [-0.3, -0.25) is 14.9 Å². The second-order valence-electron chi connectivity index (χ2n) is 4.59. The van der Waals surface area contributed by atoms with Crippen LogP contribution < -0.4 is 4.90 Å². The molecule has 2 rings (SSSR count). The van der Waals surface area contributed by atoms with Gasteiger partial charge in [-0.15, -0.1) is 0 Å². The van der Waals surface area contributed by atoms with Crippen LogP contribution in [0.4, 0.5) is 11.4 Å². The predicted octanol–water partition coefficient (Wildman–Crippen LogP) is 2.55. The number of carbonyl (C=O) groups is 1. The van der Waals surface area contributed by atoms with Gasteiger partial charge in [-0.2, -0.15) is 0 Å². The highest BCUT2D eigenvalue weighted by atomic mass is 16.6. The van der Waals surface area contributed by atoms with E-state index in [1.165, 1.54) is 12.3 Å². The van der Waals surface area contributed by atoms with E-state index < -0.39 is 4.92 Å². The van der Waals surface area contributed by atoms with Crippen molar-refractivity contribution in [1.82, 2.24) is 4.98 Å². The average Bonchev–Trinajstić information content (AvgIpc) is 2.88. The minimum absolute atomic E-state index is 0.105. The normalized spacial score (nSPS) is 10.3. The molecule has 1 aromatic heterocycles. The lowest BCUT2D eigenvalue weighted by Crippen LogP contribution is -2.26. The minimum Gasteiger partial charge on any atom is -0.367 e. The van der Waals surface area contributed by atoms with E-state index in [0.29, 0.717) is 0 Å². The Morgan fingerprint density at radius 3 is 2.70 bits per heavy atom. The van der Waals surface area contributed by atoms with Gasteiger partial charge in [0.05, 0.1) is 23.4 Å². The fourth-order valence-corrected chi connectivity index (χ4v) is 2.03. The second-order valence-corrected chi connectivity index (χ2v) is 4.59. The van der Waals surface area contributed by atoms with Crippen LogP contribution in [0.1, 0.15) is 16.1 Å². The third kappa shape index (κ3) is 2.85. The highest BCUT2D eigenvalue weighted by Crippen LogP contribution is 2.19. The number of ketones is 1. The molecule has 0 saturated carbocycles. The van der Waals surface area contributed by atoms with Crippen LogP contribution in [0.15, 0.2) is 36.5 Å². The number of nitrogens with one attached hydrogen (secondary N) is 1. The first-order valence-corrected chi connectivity index (χ1v) is 6.12. The molecule has 6 nitrogen and oxygen atoms in total. The van der Waals surface area contributed by atoms with Crippen LogP contribution in [0, 0.1) is 17.0 Å². The van der Waals surface area contributed by atoms with E-state index in [4.69, 9.17) is 0 Å². The van der Waals surface area contributed by atoms with Gasteiger partial charge in [0.2, 0.25) is 0 Å². The number of aromatic nitrogens is 1. The standard InChI is InChI=1S/C14H15N3O3/c1-10-5-3-4-6-13(10)16(2)9-14(18)12-7-11(8-15-12)17(19)20/h3-8,15H,9H2,1-2H3. The zero-order valence-electron chi connectivity index (χ0n) is 11.3. The van der Waals surface area contributed by atoms with Gasteiger partial charge >= 0.3 is 0 Å². The summed E-state index contributed by atoms with van der Waals surface area (Å²) in [7, 11) is 1.82. The maximum absolute atomic E-state index is 12.1. The van der Waals surface area contributed by atoms with E-state index in [1.54, 1.807) is 0 Å². The van der Waals surface area contributed by atoms with Crippen molar-refractivity contribution in [2.45, 2.75) is 6.92 Å². The Morgan fingerprint density at radius 2 is 2.10 bits per heavy atom. The Hall–Kier alpha value is -2.63. The summed E-state index contributed by atoms with van der Waals surface area (Å²) >= 11 is 0. The number of likely N-dealkylation sites (N-methyl/N-ethyl adjacent to an activating group) is 1. The van der Waals surface area contributed by atoms with E-state index in [0.717, 1.165) is 11.3 Å². The number of anilines is 1. The van der Waals surface area contributed by atoms with E-state index in [2.05, 4.69) is 4.98 Å². The lowest BCUT2D eigenvalue weighted by Gasteiger charge is -2.20. The molecular formula is C14H15N3O3. The van der Waals surface area contributed by atoms with Gasteiger partial charge in [-0.25, -0.2) is 0 Å². The molecule has 0 spiro atoms. The number of H-pyrrole nitrogens is 1. The van der Waals surface area contributed by atoms with E-state index in [1.807, 2.05) is 43.1 Å². The highest BCUT2D eigenvalue weighted by molar-refractivity contribution is 5.98. The number of benzene rings is 1. The second kappa shape index (κ2) is 5.56. The quantitative estimate of drug-likeness (QED) is 0.516. The molecule has 1 aromatic carbocycles. The first-order chi connectivity index (χ1) is 9.49. The Kier molecular flexibility index (Phi) is 3.84. The number of nitro groups is 1. The summed E-state index contributed by atoms with van der Waals surface area (Å²) in [5, 5.41) is 10.6. The molecule has 1 heterocycles. The fourth-order valence-electron chi connectivity index (χ4n) is 2.03. The maximum atomic E-state index is 12.1. The van der Waals surface area contributed by atoms with Crippen molar-refractivity contribution in [3.8, 4) is 0 Å². The van der Waals surface area contributed by atoms with Crippen molar-refractivity contribution in [3.63, 3.8) is 0 Å². The number of carbonyl (C=O) groups excluding carboxylic acids is 1. The van der Waals surface area contributed by atoms with Crippen molar-refractivity contribution in [3.05, 3.63) is 57.9 Å². The van der Waals surface area contributed by atoms with Crippen LogP contribution in [0.3, 0.4) is 0 Å². The van der Waals surface area contributed by atoms with Crippen molar-refractivity contribution in [1.29, 1.82) is 0 Å².